The van der Waals surface area contributed by atoms with Gasteiger partial charge in [-0.25, -0.2) is 0 Å². The zero-order valence-electron chi connectivity index (χ0n) is 12.6. The molecule has 3 aliphatic rings. The van der Waals surface area contributed by atoms with Gasteiger partial charge < -0.3 is 10.0 Å². The molecule has 0 amide bonds. The highest BCUT2D eigenvalue weighted by molar-refractivity contribution is 4.91. The van der Waals surface area contributed by atoms with Gasteiger partial charge in [-0.1, -0.05) is 20.3 Å². The molecule has 1 aliphatic heterocycles. The maximum Gasteiger partial charge on any atom is 0.0631 e. The number of aliphatic hydroxyl groups is 1. The Hall–Kier alpha value is -0.120. The molecule has 2 aliphatic carbocycles. The van der Waals surface area contributed by atoms with E-state index < -0.39 is 0 Å². The molecule has 0 radical (unpaired) electrons. The van der Waals surface area contributed by atoms with Gasteiger partial charge in [0, 0.05) is 38.8 Å². The van der Waals surface area contributed by atoms with Gasteiger partial charge in [0.2, 0.25) is 0 Å². The highest BCUT2D eigenvalue weighted by atomic mass is 16.3. The fraction of sp³-hybridized carbons (Fsp3) is 1.00. The normalized spacial score (nSPS) is 37.4. The second kappa shape index (κ2) is 5.34. The molecule has 3 fully saturated rings. The Balaban J connectivity index is 1.48. The van der Waals surface area contributed by atoms with Crippen LogP contribution in [0.15, 0.2) is 0 Å². The summed E-state index contributed by atoms with van der Waals surface area (Å²) in [5, 5.41) is 10.5. The van der Waals surface area contributed by atoms with Gasteiger partial charge in [-0.2, -0.15) is 0 Å². The first-order valence-electron chi connectivity index (χ1n) is 8.21. The molecule has 0 aromatic rings. The standard InChI is InChI=1S/C16H30N2O/c1-16(2)7-3-4-13(15(16)19)12-17-8-10-18(11-9-17)14-5-6-14/h13-15,19H,3-12H2,1-2H3. The number of nitrogens with zero attached hydrogens (tertiary/aromatic N) is 2. The van der Waals surface area contributed by atoms with Crippen LogP contribution in [0.5, 0.6) is 0 Å². The lowest BCUT2D eigenvalue weighted by molar-refractivity contribution is -0.0467. The van der Waals surface area contributed by atoms with E-state index in [1.54, 1.807) is 0 Å². The Morgan fingerprint density at radius 1 is 1.05 bits per heavy atom. The van der Waals surface area contributed by atoms with E-state index in [1.165, 1.54) is 58.3 Å². The molecule has 3 heteroatoms. The molecule has 0 bridgehead atoms. The van der Waals surface area contributed by atoms with Crippen LogP contribution in [-0.2, 0) is 0 Å². The predicted molar refractivity (Wildman–Crippen MR) is 78.2 cm³/mol. The first-order valence-corrected chi connectivity index (χ1v) is 8.21. The minimum atomic E-state index is -0.109. The molecule has 19 heavy (non-hydrogen) atoms. The summed E-state index contributed by atoms with van der Waals surface area (Å²) >= 11 is 0. The van der Waals surface area contributed by atoms with Crippen LogP contribution in [0.1, 0.15) is 46.0 Å². The van der Waals surface area contributed by atoms with Gasteiger partial charge in [0.1, 0.15) is 0 Å². The van der Waals surface area contributed by atoms with E-state index in [0.29, 0.717) is 5.92 Å². The van der Waals surface area contributed by atoms with Crippen LogP contribution in [-0.4, -0.2) is 59.8 Å². The van der Waals surface area contributed by atoms with Gasteiger partial charge >= 0.3 is 0 Å². The molecule has 110 valence electrons. The lowest BCUT2D eigenvalue weighted by Gasteiger charge is -2.44. The van der Waals surface area contributed by atoms with Crippen molar-refractivity contribution in [2.45, 2.75) is 58.1 Å². The molecule has 0 aromatic carbocycles. The highest BCUT2D eigenvalue weighted by Gasteiger charge is 2.39. The summed E-state index contributed by atoms with van der Waals surface area (Å²) in [7, 11) is 0. The van der Waals surface area contributed by atoms with Gasteiger partial charge in [0.05, 0.1) is 6.10 Å². The van der Waals surface area contributed by atoms with Crippen molar-refractivity contribution in [2.75, 3.05) is 32.7 Å². The van der Waals surface area contributed by atoms with Crippen molar-refractivity contribution < 1.29 is 5.11 Å². The molecule has 1 heterocycles. The summed E-state index contributed by atoms with van der Waals surface area (Å²) in [6.07, 6.45) is 6.43. The van der Waals surface area contributed by atoms with Crippen molar-refractivity contribution in [1.82, 2.24) is 9.80 Å². The van der Waals surface area contributed by atoms with E-state index >= 15 is 0 Å². The Morgan fingerprint density at radius 3 is 2.37 bits per heavy atom. The average molecular weight is 266 g/mol. The van der Waals surface area contributed by atoms with Gasteiger partial charge in [-0.15, -0.1) is 0 Å². The summed E-state index contributed by atoms with van der Waals surface area (Å²) < 4.78 is 0. The quantitative estimate of drug-likeness (QED) is 0.846. The van der Waals surface area contributed by atoms with E-state index in [0.717, 1.165) is 12.6 Å². The van der Waals surface area contributed by atoms with Crippen molar-refractivity contribution in [3.8, 4) is 0 Å². The number of aliphatic hydroxyl groups excluding tert-OH is 1. The Kier molecular flexibility index (Phi) is 3.89. The van der Waals surface area contributed by atoms with E-state index in [9.17, 15) is 5.11 Å². The van der Waals surface area contributed by atoms with E-state index in [-0.39, 0.29) is 11.5 Å². The van der Waals surface area contributed by atoms with Crippen LogP contribution in [0.2, 0.25) is 0 Å². The lowest BCUT2D eigenvalue weighted by Crippen LogP contribution is -2.51. The zero-order valence-corrected chi connectivity index (χ0v) is 12.6. The molecule has 0 aromatic heterocycles. The topological polar surface area (TPSA) is 26.7 Å². The van der Waals surface area contributed by atoms with Crippen molar-refractivity contribution in [2.24, 2.45) is 11.3 Å². The molecule has 0 spiro atoms. The van der Waals surface area contributed by atoms with Gasteiger partial charge in [-0.3, -0.25) is 4.90 Å². The molecule has 1 N–H and O–H groups in total. The molecule has 2 saturated carbocycles. The molecule has 3 rings (SSSR count). The van der Waals surface area contributed by atoms with Crippen LogP contribution < -0.4 is 0 Å². The Morgan fingerprint density at radius 2 is 1.74 bits per heavy atom. The summed E-state index contributed by atoms with van der Waals surface area (Å²) in [5.41, 5.74) is 0.124. The summed E-state index contributed by atoms with van der Waals surface area (Å²) in [6, 6.07) is 0.918. The zero-order chi connectivity index (χ0) is 13.5. The predicted octanol–water partition coefficient (Wildman–Crippen LogP) is 1.95. The first kappa shape index (κ1) is 13.8. The van der Waals surface area contributed by atoms with Crippen LogP contribution >= 0.6 is 0 Å². The molecule has 2 atom stereocenters. The van der Waals surface area contributed by atoms with Crippen LogP contribution in [0.3, 0.4) is 0 Å². The smallest absolute Gasteiger partial charge is 0.0631 e. The third-order valence-corrected chi connectivity index (χ3v) is 5.61. The summed E-state index contributed by atoms with van der Waals surface area (Å²) in [5.74, 6) is 0.497. The summed E-state index contributed by atoms with van der Waals surface area (Å²) in [6.45, 7) is 10.5. The molecular weight excluding hydrogens is 236 g/mol. The largest absolute Gasteiger partial charge is 0.392 e. The number of hydrogen-bond acceptors (Lipinski definition) is 3. The van der Waals surface area contributed by atoms with Crippen LogP contribution in [0.4, 0.5) is 0 Å². The van der Waals surface area contributed by atoms with Gasteiger partial charge in [0.15, 0.2) is 0 Å². The van der Waals surface area contributed by atoms with Crippen LogP contribution in [0.25, 0.3) is 0 Å². The molecule has 2 unspecified atom stereocenters. The minimum absolute atomic E-state index is 0.109. The second-order valence-corrected chi connectivity index (χ2v) is 7.65. The fourth-order valence-electron chi connectivity index (χ4n) is 4.04. The monoisotopic (exact) mass is 266 g/mol. The molecule has 3 nitrogen and oxygen atoms in total. The van der Waals surface area contributed by atoms with E-state index in [1.807, 2.05) is 0 Å². The first-order chi connectivity index (χ1) is 9.06. The van der Waals surface area contributed by atoms with Crippen LogP contribution in [0, 0.1) is 11.3 Å². The van der Waals surface area contributed by atoms with Gasteiger partial charge in [0.25, 0.3) is 0 Å². The van der Waals surface area contributed by atoms with Gasteiger partial charge in [-0.05, 0) is 37.0 Å². The van der Waals surface area contributed by atoms with E-state index in [2.05, 4.69) is 23.6 Å². The second-order valence-electron chi connectivity index (χ2n) is 7.65. The van der Waals surface area contributed by atoms with Crippen molar-refractivity contribution in [3.05, 3.63) is 0 Å². The Labute approximate surface area is 118 Å². The minimum Gasteiger partial charge on any atom is -0.392 e. The maximum absolute atomic E-state index is 10.5. The maximum atomic E-state index is 10.5. The fourth-order valence-corrected chi connectivity index (χ4v) is 4.04. The summed E-state index contributed by atoms with van der Waals surface area (Å²) in [4.78, 5) is 5.26. The molecule has 1 saturated heterocycles. The molecular formula is C16H30N2O. The number of piperazine rings is 1. The SMILES string of the molecule is CC1(C)CCCC(CN2CCN(C3CC3)CC2)C1O. The average Bonchev–Trinajstić information content (AvgIpc) is 3.20. The van der Waals surface area contributed by atoms with E-state index in [4.69, 9.17) is 0 Å². The van der Waals surface area contributed by atoms with Crippen molar-refractivity contribution >= 4 is 0 Å². The highest BCUT2D eigenvalue weighted by Crippen LogP contribution is 2.39. The van der Waals surface area contributed by atoms with Crippen molar-refractivity contribution in [1.29, 1.82) is 0 Å². The van der Waals surface area contributed by atoms with Crippen molar-refractivity contribution in [3.63, 3.8) is 0 Å². The third kappa shape index (κ3) is 3.14. The number of rotatable bonds is 3. The lowest BCUT2D eigenvalue weighted by atomic mass is 9.69. The number of hydrogen-bond donors (Lipinski definition) is 1. The Bertz CT molecular complexity index is 306. The third-order valence-electron chi connectivity index (χ3n) is 5.61.